The fourth-order valence-electron chi connectivity index (χ4n) is 1.09. The molecule has 0 fully saturated rings. The molecule has 0 aliphatic rings. The van der Waals surface area contributed by atoms with Gasteiger partial charge in [-0.1, -0.05) is 6.07 Å². The van der Waals surface area contributed by atoms with E-state index in [4.69, 9.17) is 5.73 Å². The Kier molecular flexibility index (Phi) is 3.56. The van der Waals surface area contributed by atoms with Crippen molar-refractivity contribution in [1.29, 1.82) is 0 Å². The van der Waals surface area contributed by atoms with Gasteiger partial charge >= 0.3 is 0 Å². The number of halogens is 1. The Hall–Kier alpha value is -0.540. The molecule has 0 atom stereocenters. The van der Waals surface area contributed by atoms with Crippen LogP contribution in [0.25, 0.3) is 0 Å². The monoisotopic (exact) mass is 185 g/mol. The molecule has 0 amide bonds. The van der Waals surface area contributed by atoms with Gasteiger partial charge in [0.25, 0.3) is 0 Å². The highest BCUT2D eigenvalue weighted by Crippen LogP contribution is 2.13. The van der Waals surface area contributed by atoms with Gasteiger partial charge in [0.15, 0.2) is 0 Å². The second-order valence-corrected chi connectivity index (χ2v) is 3.47. The summed E-state index contributed by atoms with van der Waals surface area (Å²) < 4.78 is 12.9. The summed E-state index contributed by atoms with van der Waals surface area (Å²) in [5, 5.41) is 0. The van der Waals surface area contributed by atoms with Gasteiger partial charge in [0.1, 0.15) is 5.82 Å². The lowest BCUT2D eigenvalue weighted by Crippen LogP contribution is -1.98. The Labute approximate surface area is 76.2 Å². The Morgan fingerprint density at radius 3 is 2.58 bits per heavy atom. The average Bonchev–Trinajstić information content (AvgIpc) is 2.04. The molecular formula is C9H12FNS. The average molecular weight is 185 g/mol. The Morgan fingerprint density at radius 2 is 2.00 bits per heavy atom. The van der Waals surface area contributed by atoms with Gasteiger partial charge in [-0.15, -0.1) is 0 Å². The minimum atomic E-state index is -0.193. The van der Waals surface area contributed by atoms with Crippen molar-refractivity contribution in [1.82, 2.24) is 0 Å². The van der Waals surface area contributed by atoms with Crippen molar-refractivity contribution in [3.8, 4) is 0 Å². The molecule has 2 N–H and O–H groups in total. The third kappa shape index (κ3) is 2.50. The van der Waals surface area contributed by atoms with Crippen LogP contribution >= 0.6 is 11.8 Å². The summed E-state index contributed by atoms with van der Waals surface area (Å²) in [6.07, 6.45) is 1.99. The zero-order valence-electron chi connectivity index (χ0n) is 7.01. The molecule has 0 radical (unpaired) electrons. The summed E-state index contributed by atoms with van der Waals surface area (Å²) in [6, 6.07) is 4.97. The van der Waals surface area contributed by atoms with Gasteiger partial charge in [-0.3, -0.25) is 0 Å². The minimum absolute atomic E-state index is 0.193. The highest BCUT2D eigenvalue weighted by molar-refractivity contribution is 7.97. The smallest absolute Gasteiger partial charge is 0.123 e. The summed E-state index contributed by atoms with van der Waals surface area (Å²) in [6.45, 7) is 0.402. The molecule has 1 nitrogen and oxygen atoms in total. The van der Waals surface area contributed by atoms with Crippen LogP contribution in [0.1, 0.15) is 11.1 Å². The van der Waals surface area contributed by atoms with Crippen molar-refractivity contribution >= 4 is 11.8 Å². The van der Waals surface area contributed by atoms with Crippen molar-refractivity contribution in [3.05, 3.63) is 35.1 Å². The van der Waals surface area contributed by atoms with Crippen molar-refractivity contribution in [2.75, 3.05) is 6.26 Å². The van der Waals surface area contributed by atoms with E-state index in [1.807, 2.05) is 12.3 Å². The minimum Gasteiger partial charge on any atom is -0.326 e. The molecule has 0 bridgehead atoms. The molecular weight excluding hydrogens is 173 g/mol. The second kappa shape index (κ2) is 4.48. The van der Waals surface area contributed by atoms with Crippen molar-refractivity contribution in [3.63, 3.8) is 0 Å². The molecule has 1 aromatic rings. The number of nitrogens with two attached hydrogens (primary N) is 1. The van der Waals surface area contributed by atoms with Crippen molar-refractivity contribution in [2.24, 2.45) is 5.73 Å². The summed E-state index contributed by atoms with van der Waals surface area (Å²) in [5.74, 6) is 0.645. The van der Waals surface area contributed by atoms with Crippen LogP contribution in [0, 0.1) is 5.82 Å². The van der Waals surface area contributed by atoms with Gasteiger partial charge in [-0.2, -0.15) is 11.8 Å². The molecule has 1 rings (SSSR count). The first kappa shape index (κ1) is 9.55. The molecule has 3 heteroatoms. The maximum atomic E-state index is 12.9. The molecule has 0 saturated carbocycles. The summed E-state index contributed by atoms with van der Waals surface area (Å²) in [7, 11) is 0. The number of thioether (sulfide) groups is 1. The molecule has 0 aromatic heterocycles. The van der Waals surface area contributed by atoms with Gasteiger partial charge in [0.05, 0.1) is 0 Å². The quantitative estimate of drug-likeness (QED) is 0.780. The van der Waals surface area contributed by atoms with Gasteiger partial charge in [0, 0.05) is 12.3 Å². The molecule has 0 heterocycles. The molecule has 66 valence electrons. The van der Waals surface area contributed by atoms with E-state index in [2.05, 4.69) is 0 Å². The first-order valence-electron chi connectivity index (χ1n) is 3.73. The highest BCUT2D eigenvalue weighted by atomic mass is 32.2. The standard InChI is InChI=1S/C9H12FNS/c1-12-6-8-2-7(5-11)3-9(10)4-8/h2-4H,5-6,11H2,1H3. The van der Waals surface area contributed by atoms with Gasteiger partial charge in [-0.05, 0) is 29.5 Å². The molecule has 1 aromatic carbocycles. The fourth-order valence-corrected chi connectivity index (χ4v) is 1.59. The lowest BCUT2D eigenvalue weighted by molar-refractivity contribution is 0.624. The zero-order chi connectivity index (χ0) is 8.97. The normalized spacial score (nSPS) is 10.2. The predicted molar refractivity (Wildman–Crippen MR) is 51.5 cm³/mol. The Balaban J connectivity index is 2.90. The van der Waals surface area contributed by atoms with E-state index in [1.165, 1.54) is 6.07 Å². The molecule has 12 heavy (non-hydrogen) atoms. The molecule has 0 aliphatic heterocycles. The van der Waals surface area contributed by atoms with Gasteiger partial charge in [0.2, 0.25) is 0 Å². The van der Waals surface area contributed by atoms with Crippen LogP contribution in [0.3, 0.4) is 0 Å². The Morgan fingerprint density at radius 1 is 1.33 bits per heavy atom. The number of hydrogen-bond donors (Lipinski definition) is 1. The summed E-state index contributed by atoms with van der Waals surface area (Å²) >= 11 is 1.68. The van der Waals surface area contributed by atoms with Crippen LogP contribution < -0.4 is 5.73 Å². The highest BCUT2D eigenvalue weighted by Gasteiger charge is 1.98. The van der Waals surface area contributed by atoms with Crippen molar-refractivity contribution < 1.29 is 4.39 Å². The van der Waals surface area contributed by atoms with Crippen LogP contribution in [-0.2, 0) is 12.3 Å². The first-order valence-corrected chi connectivity index (χ1v) is 5.13. The first-order chi connectivity index (χ1) is 5.76. The number of benzene rings is 1. The number of rotatable bonds is 3. The molecule has 0 aliphatic carbocycles. The maximum Gasteiger partial charge on any atom is 0.123 e. The fraction of sp³-hybridized carbons (Fsp3) is 0.333. The lowest BCUT2D eigenvalue weighted by Gasteiger charge is -2.02. The van der Waals surface area contributed by atoms with Gasteiger partial charge < -0.3 is 5.73 Å². The summed E-state index contributed by atoms with van der Waals surface area (Å²) in [5.41, 5.74) is 7.27. The molecule has 0 saturated heterocycles. The van der Waals surface area contributed by atoms with E-state index in [-0.39, 0.29) is 5.82 Å². The van der Waals surface area contributed by atoms with Crippen LogP contribution in [0.5, 0.6) is 0 Å². The van der Waals surface area contributed by atoms with Crippen molar-refractivity contribution in [2.45, 2.75) is 12.3 Å². The van der Waals surface area contributed by atoms with Gasteiger partial charge in [-0.25, -0.2) is 4.39 Å². The summed E-state index contributed by atoms with van der Waals surface area (Å²) in [4.78, 5) is 0. The third-order valence-corrected chi connectivity index (χ3v) is 2.19. The second-order valence-electron chi connectivity index (χ2n) is 2.60. The largest absolute Gasteiger partial charge is 0.326 e. The Bertz CT molecular complexity index is 263. The third-order valence-electron chi connectivity index (χ3n) is 1.56. The van der Waals surface area contributed by atoms with E-state index < -0.39 is 0 Å². The topological polar surface area (TPSA) is 26.0 Å². The lowest BCUT2D eigenvalue weighted by atomic mass is 10.1. The van der Waals surface area contributed by atoms with E-state index in [1.54, 1.807) is 17.8 Å². The van der Waals surface area contributed by atoms with Crippen LogP contribution in [0.4, 0.5) is 4.39 Å². The zero-order valence-corrected chi connectivity index (χ0v) is 7.83. The maximum absolute atomic E-state index is 12.9. The molecule has 0 unspecified atom stereocenters. The van der Waals surface area contributed by atoms with Crippen LogP contribution in [0.2, 0.25) is 0 Å². The van der Waals surface area contributed by atoms with E-state index in [9.17, 15) is 4.39 Å². The van der Waals surface area contributed by atoms with E-state index in [0.717, 1.165) is 16.9 Å². The van der Waals surface area contributed by atoms with Crippen LogP contribution in [-0.4, -0.2) is 6.26 Å². The predicted octanol–water partition coefficient (Wildman–Crippen LogP) is 2.15. The van der Waals surface area contributed by atoms with E-state index in [0.29, 0.717) is 6.54 Å². The van der Waals surface area contributed by atoms with Crippen LogP contribution in [0.15, 0.2) is 18.2 Å². The van der Waals surface area contributed by atoms with E-state index >= 15 is 0 Å². The SMILES string of the molecule is CSCc1cc(F)cc(CN)c1. The number of hydrogen-bond acceptors (Lipinski definition) is 2. The molecule has 0 spiro atoms.